The molecule has 0 fully saturated rings. The summed E-state index contributed by atoms with van der Waals surface area (Å²) in [6.07, 6.45) is 0. The Labute approximate surface area is 306 Å². The molecule has 0 unspecified atom stereocenters. The van der Waals surface area contributed by atoms with Crippen LogP contribution < -0.4 is 0 Å². The van der Waals surface area contributed by atoms with E-state index in [1.807, 2.05) is 0 Å². The van der Waals surface area contributed by atoms with E-state index in [1.165, 1.54) is 70.5 Å². The van der Waals surface area contributed by atoms with Crippen LogP contribution in [0.4, 0.5) is 0 Å². The van der Waals surface area contributed by atoms with Crippen LogP contribution in [-0.4, -0.2) is 9.55 Å². The maximum Gasteiger partial charge on any atom is 0.0722 e. The molecule has 53 heavy (non-hydrogen) atoms. The van der Waals surface area contributed by atoms with Crippen molar-refractivity contribution < 1.29 is 0 Å². The minimum atomic E-state index is 0.961. The number of nitrogens with zero attached hydrogens (tertiary/aromatic N) is 2. The number of aromatic nitrogens is 2. The van der Waals surface area contributed by atoms with Gasteiger partial charge >= 0.3 is 0 Å². The van der Waals surface area contributed by atoms with Crippen LogP contribution in [0.3, 0.4) is 0 Å². The van der Waals surface area contributed by atoms with Crippen molar-refractivity contribution in [3.8, 4) is 39.3 Å². The number of hydrogen-bond donors (Lipinski definition) is 0. The van der Waals surface area contributed by atoms with Gasteiger partial charge in [-0.15, -0.1) is 0 Å². The number of hydrogen-bond acceptors (Lipinski definition) is 1. The maximum atomic E-state index is 5.54. The Morgan fingerprint density at radius 1 is 0.340 bits per heavy atom. The first-order valence-corrected chi connectivity index (χ1v) is 18.2. The van der Waals surface area contributed by atoms with Crippen LogP contribution in [-0.2, 0) is 0 Å². The highest BCUT2D eigenvalue weighted by atomic mass is 15.0. The molecule has 2 nitrogen and oxygen atoms in total. The summed E-state index contributed by atoms with van der Waals surface area (Å²) in [5, 5.41) is 12.3. The fourth-order valence-electron chi connectivity index (χ4n) is 8.64. The van der Waals surface area contributed by atoms with Crippen LogP contribution in [0.5, 0.6) is 0 Å². The zero-order valence-corrected chi connectivity index (χ0v) is 28.9. The second-order valence-corrected chi connectivity index (χ2v) is 13.9. The van der Waals surface area contributed by atoms with Gasteiger partial charge in [0.25, 0.3) is 0 Å². The molecule has 0 radical (unpaired) electrons. The SMILES string of the molecule is c1ccc(-c2cc(-c3cccc4ccccc34)nc(-c3cc4c5ccccc5c5c(c6ccccc6n5-c5ccccc5)c4c4ccccc34)c2)cc1. The summed E-state index contributed by atoms with van der Waals surface area (Å²) in [7, 11) is 0. The lowest BCUT2D eigenvalue weighted by Gasteiger charge is -2.17. The first-order chi connectivity index (χ1) is 26.3. The molecule has 0 saturated heterocycles. The van der Waals surface area contributed by atoms with Crippen LogP contribution in [0.25, 0.3) is 104 Å². The Balaban J connectivity index is 1.30. The van der Waals surface area contributed by atoms with Crippen LogP contribution in [0, 0.1) is 0 Å². The fraction of sp³-hybridized carbons (Fsp3) is 0. The van der Waals surface area contributed by atoms with E-state index in [0.717, 1.165) is 33.8 Å². The van der Waals surface area contributed by atoms with Crippen molar-refractivity contribution >= 4 is 64.9 Å². The van der Waals surface area contributed by atoms with E-state index >= 15 is 0 Å². The minimum Gasteiger partial charge on any atom is -0.309 e. The van der Waals surface area contributed by atoms with Gasteiger partial charge in [0.2, 0.25) is 0 Å². The molecule has 246 valence electrons. The van der Waals surface area contributed by atoms with Gasteiger partial charge < -0.3 is 4.57 Å². The third kappa shape index (κ3) is 4.56. The maximum absolute atomic E-state index is 5.54. The van der Waals surface area contributed by atoms with Gasteiger partial charge in [0.15, 0.2) is 0 Å². The predicted octanol–water partition coefficient (Wildman–Crippen LogP) is 13.8. The number of pyridine rings is 1. The summed E-state index contributed by atoms with van der Waals surface area (Å²) in [5.74, 6) is 0. The molecular weight excluding hydrogens is 641 g/mol. The summed E-state index contributed by atoms with van der Waals surface area (Å²) in [4.78, 5) is 5.54. The van der Waals surface area contributed by atoms with Gasteiger partial charge in [0.1, 0.15) is 0 Å². The van der Waals surface area contributed by atoms with E-state index in [-0.39, 0.29) is 0 Å². The van der Waals surface area contributed by atoms with Gasteiger partial charge in [-0.1, -0.05) is 158 Å². The highest BCUT2D eigenvalue weighted by Crippen LogP contribution is 2.47. The lowest BCUT2D eigenvalue weighted by atomic mass is 9.89. The molecule has 2 heterocycles. The standard InChI is InChI=1S/C51H32N2/c1-3-16-33(17-4-1)35-30-46(40-28-15-19-34-18-7-8-22-37(34)40)52-47(31-35)44-32-45-39-24-10-12-26-42(39)51-50(49(45)41-25-11-9-23-38(41)44)43-27-13-14-29-48(43)53(51)36-20-5-2-6-21-36/h1-32H. The molecule has 11 aromatic rings. The number of fused-ring (bicyclic) bond motifs is 11. The summed E-state index contributed by atoms with van der Waals surface area (Å²) in [5.41, 5.74) is 10.1. The molecule has 0 aliphatic heterocycles. The van der Waals surface area contributed by atoms with E-state index in [1.54, 1.807) is 0 Å². The van der Waals surface area contributed by atoms with Gasteiger partial charge in [-0.25, -0.2) is 4.98 Å². The first-order valence-electron chi connectivity index (χ1n) is 18.2. The number of para-hydroxylation sites is 2. The number of benzene rings is 9. The Morgan fingerprint density at radius 2 is 0.925 bits per heavy atom. The van der Waals surface area contributed by atoms with Crippen molar-refractivity contribution in [3.63, 3.8) is 0 Å². The molecule has 0 aliphatic rings. The molecule has 0 bridgehead atoms. The molecule has 9 aromatic carbocycles. The zero-order chi connectivity index (χ0) is 34.9. The highest BCUT2D eigenvalue weighted by molar-refractivity contribution is 6.38. The average Bonchev–Trinajstić information content (AvgIpc) is 3.59. The van der Waals surface area contributed by atoms with Gasteiger partial charge in [0, 0.05) is 38.4 Å². The molecule has 0 atom stereocenters. The van der Waals surface area contributed by atoms with Gasteiger partial charge in [-0.3, -0.25) is 0 Å². The summed E-state index contributed by atoms with van der Waals surface area (Å²) < 4.78 is 2.45. The normalized spacial score (nSPS) is 11.8. The molecule has 2 heteroatoms. The van der Waals surface area contributed by atoms with Crippen molar-refractivity contribution in [2.24, 2.45) is 0 Å². The van der Waals surface area contributed by atoms with Gasteiger partial charge in [-0.2, -0.15) is 0 Å². The second kappa shape index (κ2) is 11.8. The largest absolute Gasteiger partial charge is 0.309 e. The quantitative estimate of drug-likeness (QED) is 0.170. The summed E-state index contributed by atoms with van der Waals surface area (Å²) in [6, 6.07) is 70.2. The van der Waals surface area contributed by atoms with E-state index in [0.29, 0.717) is 0 Å². The average molecular weight is 673 g/mol. The van der Waals surface area contributed by atoms with Crippen LogP contribution in [0.2, 0.25) is 0 Å². The molecule has 0 aliphatic carbocycles. The van der Waals surface area contributed by atoms with E-state index in [9.17, 15) is 0 Å². The molecule has 0 saturated carbocycles. The molecule has 11 rings (SSSR count). The van der Waals surface area contributed by atoms with Crippen molar-refractivity contribution in [1.82, 2.24) is 9.55 Å². The van der Waals surface area contributed by atoms with Crippen molar-refractivity contribution in [3.05, 3.63) is 194 Å². The predicted molar refractivity (Wildman–Crippen MR) is 225 cm³/mol. The second-order valence-electron chi connectivity index (χ2n) is 13.9. The third-order valence-corrected chi connectivity index (χ3v) is 10.9. The Bertz CT molecular complexity index is 3210. The Hall–Kier alpha value is -7.03. The van der Waals surface area contributed by atoms with Crippen LogP contribution in [0.15, 0.2) is 194 Å². The smallest absolute Gasteiger partial charge is 0.0722 e. The van der Waals surface area contributed by atoms with Gasteiger partial charge in [-0.05, 0) is 79.8 Å². The monoisotopic (exact) mass is 672 g/mol. The summed E-state index contributed by atoms with van der Waals surface area (Å²) >= 11 is 0. The number of rotatable bonds is 4. The van der Waals surface area contributed by atoms with Crippen molar-refractivity contribution in [2.45, 2.75) is 0 Å². The first kappa shape index (κ1) is 29.7. The van der Waals surface area contributed by atoms with E-state index < -0.39 is 0 Å². The van der Waals surface area contributed by atoms with Crippen LogP contribution in [0.1, 0.15) is 0 Å². The highest BCUT2D eigenvalue weighted by Gasteiger charge is 2.22. The fourth-order valence-corrected chi connectivity index (χ4v) is 8.64. The Morgan fingerprint density at radius 3 is 1.72 bits per heavy atom. The van der Waals surface area contributed by atoms with Crippen molar-refractivity contribution in [1.29, 1.82) is 0 Å². The molecule has 0 spiro atoms. The molecule has 0 N–H and O–H groups in total. The minimum absolute atomic E-state index is 0.961. The molecule has 0 amide bonds. The van der Waals surface area contributed by atoms with Crippen LogP contribution >= 0.6 is 0 Å². The molecule has 2 aromatic heterocycles. The van der Waals surface area contributed by atoms with Gasteiger partial charge in [0.05, 0.1) is 22.4 Å². The topological polar surface area (TPSA) is 17.8 Å². The Kier molecular flexibility index (Phi) is 6.59. The van der Waals surface area contributed by atoms with Crippen molar-refractivity contribution in [2.75, 3.05) is 0 Å². The third-order valence-electron chi connectivity index (χ3n) is 10.9. The lowest BCUT2D eigenvalue weighted by Crippen LogP contribution is -1.95. The zero-order valence-electron chi connectivity index (χ0n) is 28.9. The lowest BCUT2D eigenvalue weighted by molar-refractivity contribution is 1.19. The van der Waals surface area contributed by atoms with E-state index in [4.69, 9.17) is 4.98 Å². The summed E-state index contributed by atoms with van der Waals surface area (Å²) in [6.45, 7) is 0. The molecular formula is C51H32N2. The van der Waals surface area contributed by atoms with E-state index in [2.05, 4.69) is 199 Å².